The van der Waals surface area contributed by atoms with E-state index in [4.69, 9.17) is 16.0 Å². The lowest BCUT2D eigenvalue weighted by atomic mass is 10.2. The standard InChI is InChI=1S/C20H15ClN4O2/c1-12-9-16(27-13(12)2)11-23-25-19(14-5-7-22-8-6-14)24-18-4-3-15(21)10-17(18)20(25)26/h3-11H,1-2H3. The Kier molecular flexibility index (Phi) is 4.33. The maximum Gasteiger partial charge on any atom is 0.282 e. The van der Waals surface area contributed by atoms with Crippen molar-refractivity contribution in [2.45, 2.75) is 13.8 Å². The molecule has 4 rings (SSSR count). The van der Waals surface area contributed by atoms with Gasteiger partial charge in [0.1, 0.15) is 11.5 Å². The van der Waals surface area contributed by atoms with Crippen LogP contribution in [-0.2, 0) is 0 Å². The number of rotatable bonds is 3. The van der Waals surface area contributed by atoms with Crippen LogP contribution in [0.1, 0.15) is 17.1 Å². The molecule has 6 nitrogen and oxygen atoms in total. The third-order valence-corrected chi connectivity index (χ3v) is 4.47. The van der Waals surface area contributed by atoms with Gasteiger partial charge in [0, 0.05) is 23.0 Å². The molecule has 1 aromatic carbocycles. The van der Waals surface area contributed by atoms with E-state index in [-0.39, 0.29) is 5.56 Å². The molecule has 0 amide bonds. The van der Waals surface area contributed by atoms with Crippen molar-refractivity contribution in [3.63, 3.8) is 0 Å². The molecular formula is C20H15ClN4O2. The second-order valence-electron chi connectivity index (χ2n) is 6.08. The van der Waals surface area contributed by atoms with E-state index in [1.54, 1.807) is 42.7 Å². The van der Waals surface area contributed by atoms with E-state index in [1.807, 2.05) is 19.9 Å². The molecular weight excluding hydrogens is 364 g/mol. The summed E-state index contributed by atoms with van der Waals surface area (Å²) in [4.78, 5) is 21.7. The summed E-state index contributed by atoms with van der Waals surface area (Å²) in [7, 11) is 0. The molecule has 0 spiro atoms. The third-order valence-electron chi connectivity index (χ3n) is 4.23. The number of pyridine rings is 1. The van der Waals surface area contributed by atoms with E-state index in [2.05, 4.69) is 15.1 Å². The topological polar surface area (TPSA) is 73.3 Å². The van der Waals surface area contributed by atoms with Gasteiger partial charge in [0.2, 0.25) is 0 Å². The highest BCUT2D eigenvalue weighted by molar-refractivity contribution is 6.31. The third kappa shape index (κ3) is 3.27. The second kappa shape index (κ2) is 6.81. The Morgan fingerprint density at radius 1 is 1.15 bits per heavy atom. The Morgan fingerprint density at radius 2 is 1.93 bits per heavy atom. The zero-order valence-corrected chi connectivity index (χ0v) is 15.4. The van der Waals surface area contributed by atoms with Gasteiger partial charge in [-0.25, -0.2) is 4.98 Å². The van der Waals surface area contributed by atoms with Crippen molar-refractivity contribution in [1.82, 2.24) is 14.6 Å². The highest BCUT2D eigenvalue weighted by atomic mass is 35.5. The smallest absolute Gasteiger partial charge is 0.282 e. The molecule has 0 saturated heterocycles. The number of hydrogen-bond acceptors (Lipinski definition) is 5. The van der Waals surface area contributed by atoms with Gasteiger partial charge in [0.25, 0.3) is 5.56 Å². The molecule has 4 aromatic rings. The van der Waals surface area contributed by atoms with Gasteiger partial charge in [0.15, 0.2) is 5.82 Å². The van der Waals surface area contributed by atoms with Crippen LogP contribution in [0.25, 0.3) is 22.3 Å². The summed E-state index contributed by atoms with van der Waals surface area (Å²) in [5.41, 5.74) is 1.97. The lowest BCUT2D eigenvalue weighted by Crippen LogP contribution is -2.20. The number of halogens is 1. The number of hydrogen-bond donors (Lipinski definition) is 0. The maximum absolute atomic E-state index is 13.1. The SMILES string of the molecule is Cc1cc(C=Nn2c(-c3ccncc3)nc3ccc(Cl)cc3c2=O)oc1C. The monoisotopic (exact) mass is 378 g/mol. The molecule has 0 N–H and O–H groups in total. The molecule has 0 unspecified atom stereocenters. The van der Waals surface area contributed by atoms with Gasteiger partial charge in [-0.1, -0.05) is 11.6 Å². The molecule has 3 aromatic heterocycles. The van der Waals surface area contributed by atoms with Gasteiger partial charge in [-0.15, -0.1) is 0 Å². The first kappa shape index (κ1) is 17.2. The number of benzene rings is 1. The Balaban J connectivity index is 1.95. The van der Waals surface area contributed by atoms with Crippen LogP contribution in [-0.4, -0.2) is 20.9 Å². The molecule has 7 heteroatoms. The summed E-state index contributed by atoms with van der Waals surface area (Å²) >= 11 is 6.06. The summed E-state index contributed by atoms with van der Waals surface area (Å²) in [6.45, 7) is 3.82. The summed E-state index contributed by atoms with van der Waals surface area (Å²) in [5, 5.41) is 5.20. The van der Waals surface area contributed by atoms with E-state index in [9.17, 15) is 4.79 Å². The minimum Gasteiger partial charge on any atom is -0.460 e. The van der Waals surface area contributed by atoms with Crippen LogP contribution in [0.2, 0.25) is 5.02 Å². The van der Waals surface area contributed by atoms with Crippen LogP contribution >= 0.6 is 11.6 Å². The van der Waals surface area contributed by atoms with Gasteiger partial charge in [-0.2, -0.15) is 9.78 Å². The molecule has 0 aliphatic carbocycles. The predicted octanol–water partition coefficient (Wildman–Crippen LogP) is 4.20. The van der Waals surface area contributed by atoms with Gasteiger partial charge < -0.3 is 4.42 Å². The lowest BCUT2D eigenvalue weighted by Gasteiger charge is -2.09. The van der Waals surface area contributed by atoms with Crippen molar-refractivity contribution in [3.8, 4) is 11.4 Å². The molecule has 0 fully saturated rings. The van der Waals surface area contributed by atoms with Crippen LogP contribution < -0.4 is 5.56 Å². The van der Waals surface area contributed by atoms with E-state index >= 15 is 0 Å². The van der Waals surface area contributed by atoms with Crippen molar-refractivity contribution in [1.29, 1.82) is 0 Å². The highest BCUT2D eigenvalue weighted by Crippen LogP contribution is 2.20. The minimum absolute atomic E-state index is 0.314. The van der Waals surface area contributed by atoms with Gasteiger partial charge in [-0.3, -0.25) is 9.78 Å². The van der Waals surface area contributed by atoms with Crippen LogP contribution in [0.5, 0.6) is 0 Å². The summed E-state index contributed by atoms with van der Waals surface area (Å²) in [6, 6.07) is 10.4. The summed E-state index contributed by atoms with van der Waals surface area (Å²) < 4.78 is 6.86. The Morgan fingerprint density at radius 3 is 2.63 bits per heavy atom. The largest absolute Gasteiger partial charge is 0.460 e. The molecule has 0 saturated carbocycles. The Bertz CT molecular complexity index is 1210. The quantitative estimate of drug-likeness (QED) is 0.501. The molecule has 0 aliphatic heterocycles. The fourth-order valence-corrected chi connectivity index (χ4v) is 2.90. The van der Waals surface area contributed by atoms with E-state index in [0.717, 1.165) is 16.9 Å². The van der Waals surface area contributed by atoms with E-state index < -0.39 is 0 Å². The average molecular weight is 379 g/mol. The van der Waals surface area contributed by atoms with Crippen LogP contribution in [0.4, 0.5) is 0 Å². The number of fused-ring (bicyclic) bond motifs is 1. The molecule has 0 radical (unpaired) electrons. The number of furan rings is 1. The number of aromatic nitrogens is 3. The zero-order valence-electron chi connectivity index (χ0n) is 14.7. The molecule has 0 aliphatic rings. The first-order valence-electron chi connectivity index (χ1n) is 8.27. The zero-order chi connectivity index (χ0) is 19.0. The van der Waals surface area contributed by atoms with Crippen molar-refractivity contribution in [2.75, 3.05) is 0 Å². The molecule has 3 heterocycles. The minimum atomic E-state index is -0.314. The molecule has 134 valence electrons. The Labute approximate surface area is 159 Å². The molecule has 0 atom stereocenters. The lowest BCUT2D eigenvalue weighted by molar-refractivity contribution is 0.525. The average Bonchev–Trinajstić information content (AvgIpc) is 2.99. The Hall–Kier alpha value is -3.25. The number of nitrogens with zero attached hydrogens (tertiary/aromatic N) is 4. The summed E-state index contributed by atoms with van der Waals surface area (Å²) in [6.07, 6.45) is 4.78. The fourth-order valence-electron chi connectivity index (χ4n) is 2.72. The highest BCUT2D eigenvalue weighted by Gasteiger charge is 2.13. The normalized spacial score (nSPS) is 11.5. The van der Waals surface area contributed by atoms with Gasteiger partial charge >= 0.3 is 0 Å². The summed E-state index contributed by atoms with van der Waals surface area (Å²) in [5.74, 6) is 1.78. The van der Waals surface area contributed by atoms with Crippen LogP contribution in [0, 0.1) is 13.8 Å². The van der Waals surface area contributed by atoms with Crippen molar-refractivity contribution in [3.05, 3.63) is 81.3 Å². The fraction of sp³-hybridized carbons (Fsp3) is 0.100. The van der Waals surface area contributed by atoms with Crippen molar-refractivity contribution < 1.29 is 4.42 Å². The molecule has 27 heavy (non-hydrogen) atoms. The number of aryl methyl sites for hydroxylation is 2. The second-order valence-corrected chi connectivity index (χ2v) is 6.52. The van der Waals surface area contributed by atoms with E-state index in [1.165, 1.54) is 10.9 Å². The van der Waals surface area contributed by atoms with Crippen molar-refractivity contribution in [2.24, 2.45) is 5.10 Å². The first-order valence-corrected chi connectivity index (χ1v) is 8.65. The van der Waals surface area contributed by atoms with Crippen LogP contribution in [0.3, 0.4) is 0 Å². The predicted molar refractivity (Wildman–Crippen MR) is 105 cm³/mol. The van der Waals surface area contributed by atoms with Crippen molar-refractivity contribution >= 4 is 28.7 Å². The van der Waals surface area contributed by atoms with Crippen LogP contribution in [0.15, 0.2) is 63.1 Å². The first-order chi connectivity index (χ1) is 13.0. The maximum atomic E-state index is 13.1. The van der Waals surface area contributed by atoms with Gasteiger partial charge in [0.05, 0.1) is 17.1 Å². The van der Waals surface area contributed by atoms with Gasteiger partial charge in [-0.05, 0) is 55.8 Å². The molecule has 0 bridgehead atoms. The van der Waals surface area contributed by atoms with E-state index in [0.29, 0.717) is 27.5 Å².